The second-order valence-electron chi connectivity index (χ2n) is 5.83. The number of nitrogens with zero attached hydrogens (tertiary/aromatic N) is 1. The Kier molecular flexibility index (Phi) is 6.30. The van der Waals surface area contributed by atoms with Crippen LogP contribution < -0.4 is 10.2 Å². The van der Waals surface area contributed by atoms with Gasteiger partial charge >= 0.3 is 18.2 Å². The molecule has 0 bridgehead atoms. The van der Waals surface area contributed by atoms with Crippen LogP contribution in [0, 0.1) is 0 Å². The zero-order valence-electron chi connectivity index (χ0n) is 15.2. The van der Waals surface area contributed by atoms with Crippen molar-refractivity contribution in [3.8, 4) is 0 Å². The summed E-state index contributed by atoms with van der Waals surface area (Å²) in [6.45, 7) is 1.01. The number of alkyl halides is 3. The Labute approximate surface area is 159 Å². The van der Waals surface area contributed by atoms with Crippen molar-refractivity contribution in [3.05, 3.63) is 60.2 Å². The van der Waals surface area contributed by atoms with Crippen molar-refractivity contribution in [2.45, 2.75) is 18.7 Å². The second-order valence-corrected chi connectivity index (χ2v) is 5.83. The van der Waals surface area contributed by atoms with Crippen molar-refractivity contribution >= 4 is 23.4 Å². The Hall–Kier alpha value is -3.07. The fraction of sp³-hybridized carbons (Fsp3) is 0.263. The topological polar surface area (TPSA) is 78.9 Å². The molecule has 2 aromatic rings. The summed E-state index contributed by atoms with van der Waals surface area (Å²) < 4.78 is 44.5. The molecule has 2 rings (SSSR count). The van der Waals surface area contributed by atoms with Crippen LogP contribution >= 0.6 is 0 Å². The smallest absolute Gasteiger partial charge is 0.432 e. The molecule has 1 atom stereocenters. The van der Waals surface area contributed by atoms with Gasteiger partial charge in [0, 0.05) is 24.0 Å². The van der Waals surface area contributed by atoms with Crippen LogP contribution in [0.2, 0.25) is 0 Å². The zero-order chi connectivity index (χ0) is 20.9. The summed E-state index contributed by atoms with van der Waals surface area (Å²) in [5, 5.41) is 12.7. The zero-order valence-corrected chi connectivity index (χ0v) is 15.2. The van der Waals surface area contributed by atoms with E-state index in [1.165, 1.54) is 31.0 Å². The number of hydrogen-bond donors (Lipinski definition) is 2. The van der Waals surface area contributed by atoms with E-state index in [0.717, 1.165) is 12.1 Å². The number of rotatable bonds is 5. The summed E-state index contributed by atoms with van der Waals surface area (Å²) in [7, 11) is 1.43. The molecule has 9 heteroatoms. The molecule has 150 valence electrons. The number of amides is 2. The highest BCUT2D eigenvalue weighted by Gasteiger charge is 2.62. The molecule has 2 amide bonds. The summed E-state index contributed by atoms with van der Waals surface area (Å²) in [6, 6.07) is 12.3. The third kappa shape index (κ3) is 4.25. The van der Waals surface area contributed by atoms with Crippen LogP contribution in [0.15, 0.2) is 54.6 Å². The monoisotopic (exact) mass is 396 g/mol. The number of esters is 1. The van der Waals surface area contributed by atoms with Gasteiger partial charge in [-0.2, -0.15) is 13.2 Å². The lowest BCUT2D eigenvalue weighted by atomic mass is 9.93. The molecule has 0 aliphatic heterocycles. The van der Waals surface area contributed by atoms with Crippen molar-refractivity contribution in [2.75, 3.05) is 23.9 Å². The van der Waals surface area contributed by atoms with Crippen molar-refractivity contribution < 1.29 is 32.6 Å². The average Bonchev–Trinajstić information content (AvgIpc) is 2.67. The predicted octanol–water partition coefficient (Wildman–Crippen LogP) is 3.67. The molecule has 0 aliphatic rings. The van der Waals surface area contributed by atoms with E-state index in [1.807, 2.05) is 0 Å². The molecule has 0 aliphatic carbocycles. The number of benzene rings is 2. The number of aliphatic hydroxyl groups is 1. The van der Waals surface area contributed by atoms with Gasteiger partial charge in [0.05, 0.1) is 6.61 Å². The van der Waals surface area contributed by atoms with E-state index in [4.69, 9.17) is 0 Å². The maximum Gasteiger partial charge on any atom is 0.432 e. The van der Waals surface area contributed by atoms with Crippen LogP contribution in [0.25, 0.3) is 0 Å². The van der Waals surface area contributed by atoms with Gasteiger partial charge in [-0.05, 0) is 31.2 Å². The molecule has 1 unspecified atom stereocenters. The Balaban J connectivity index is 2.25. The maximum absolute atomic E-state index is 13.4. The summed E-state index contributed by atoms with van der Waals surface area (Å²) in [5.74, 6) is -1.81. The number of para-hydroxylation sites is 1. The molecule has 28 heavy (non-hydrogen) atoms. The molecule has 0 heterocycles. The quantitative estimate of drug-likeness (QED) is 0.756. The number of ether oxygens (including phenoxy) is 1. The standard InChI is InChI=1S/C19H19F3N2O4/c1-3-28-16(25)18(27,19(20,21)22)13-9-11-15(12-10-13)24(2)17(26)23-14-7-5-4-6-8-14/h4-12,27H,3H2,1-2H3,(H,23,26). The molecule has 2 N–H and O–H groups in total. The first-order valence-corrected chi connectivity index (χ1v) is 8.28. The molecular formula is C19H19F3N2O4. The van der Waals surface area contributed by atoms with Gasteiger partial charge in [-0.25, -0.2) is 9.59 Å². The lowest BCUT2D eigenvalue weighted by molar-refractivity contribution is -0.267. The van der Waals surface area contributed by atoms with Gasteiger partial charge in [-0.15, -0.1) is 0 Å². The average molecular weight is 396 g/mol. The largest absolute Gasteiger partial charge is 0.463 e. The number of nitrogens with one attached hydrogen (secondary N) is 1. The first kappa shape index (κ1) is 21.2. The fourth-order valence-corrected chi connectivity index (χ4v) is 2.41. The number of halogens is 3. The highest BCUT2D eigenvalue weighted by atomic mass is 19.4. The summed E-state index contributed by atoms with van der Waals surface area (Å²) in [6.07, 6.45) is -5.28. The van der Waals surface area contributed by atoms with E-state index in [9.17, 15) is 27.9 Å². The molecule has 0 saturated heterocycles. The predicted molar refractivity (Wildman–Crippen MR) is 96.9 cm³/mol. The molecule has 0 radical (unpaired) electrons. The van der Waals surface area contributed by atoms with Crippen molar-refractivity contribution in [1.29, 1.82) is 0 Å². The fourth-order valence-electron chi connectivity index (χ4n) is 2.41. The van der Waals surface area contributed by atoms with Crippen LogP contribution in [0.5, 0.6) is 0 Å². The number of anilines is 2. The first-order valence-electron chi connectivity index (χ1n) is 8.28. The van der Waals surface area contributed by atoms with Crippen molar-refractivity contribution in [1.82, 2.24) is 0 Å². The second kappa shape index (κ2) is 8.30. The Bertz CT molecular complexity index is 825. The van der Waals surface area contributed by atoms with Crippen LogP contribution in [0.3, 0.4) is 0 Å². The van der Waals surface area contributed by atoms with Gasteiger partial charge in [0.2, 0.25) is 0 Å². The minimum Gasteiger partial charge on any atom is -0.463 e. The number of hydrogen-bond acceptors (Lipinski definition) is 4. The third-order valence-corrected chi connectivity index (χ3v) is 3.98. The van der Waals surface area contributed by atoms with Gasteiger partial charge in [-0.1, -0.05) is 30.3 Å². The summed E-state index contributed by atoms with van der Waals surface area (Å²) in [5.41, 5.74) is -3.71. The Morgan fingerprint density at radius 2 is 1.64 bits per heavy atom. The van der Waals surface area contributed by atoms with Gasteiger partial charge in [-0.3, -0.25) is 4.90 Å². The number of carbonyl (C=O) groups excluding carboxylic acids is 2. The number of urea groups is 1. The Morgan fingerprint density at radius 1 is 1.07 bits per heavy atom. The SMILES string of the molecule is CCOC(=O)C(O)(c1ccc(N(C)C(=O)Nc2ccccc2)cc1)C(F)(F)F. The Morgan fingerprint density at radius 3 is 2.14 bits per heavy atom. The molecule has 0 aromatic heterocycles. The first-order chi connectivity index (χ1) is 13.1. The highest BCUT2D eigenvalue weighted by Crippen LogP contribution is 2.40. The van der Waals surface area contributed by atoms with E-state index in [0.29, 0.717) is 5.69 Å². The molecular weight excluding hydrogens is 377 g/mol. The van der Waals surface area contributed by atoms with Gasteiger partial charge in [0.1, 0.15) is 0 Å². The van der Waals surface area contributed by atoms with Crippen molar-refractivity contribution in [3.63, 3.8) is 0 Å². The summed E-state index contributed by atoms with van der Waals surface area (Å²) in [4.78, 5) is 25.2. The minimum atomic E-state index is -5.28. The van der Waals surface area contributed by atoms with Crippen molar-refractivity contribution in [2.24, 2.45) is 0 Å². The highest BCUT2D eigenvalue weighted by molar-refractivity contribution is 6.01. The van der Waals surface area contributed by atoms with E-state index in [1.54, 1.807) is 30.3 Å². The lowest BCUT2D eigenvalue weighted by Crippen LogP contribution is -2.50. The lowest BCUT2D eigenvalue weighted by Gasteiger charge is -2.29. The van der Waals surface area contributed by atoms with E-state index in [2.05, 4.69) is 10.1 Å². The molecule has 2 aromatic carbocycles. The molecule has 0 fully saturated rings. The van der Waals surface area contributed by atoms with Gasteiger partial charge in [0.25, 0.3) is 5.60 Å². The van der Waals surface area contributed by atoms with Crippen LogP contribution in [-0.2, 0) is 15.1 Å². The van der Waals surface area contributed by atoms with E-state index >= 15 is 0 Å². The maximum atomic E-state index is 13.4. The van der Waals surface area contributed by atoms with Gasteiger partial charge < -0.3 is 15.2 Å². The van der Waals surface area contributed by atoms with Crippen LogP contribution in [-0.4, -0.2) is 36.9 Å². The summed E-state index contributed by atoms with van der Waals surface area (Å²) >= 11 is 0. The van der Waals surface area contributed by atoms with E-state index in [-0.39, 0.29) is 12.3 Å². The normalized spacial score (nSPS) is 13.4. The molecule has 0 saturated carbocycles. The van der Waals surface area contributed by atoms with Crippen LogP contribution in [0.4, 0.5) is 29.3 Å². The minimum absolute atomic E-state index is 0.255. The molecule has 0 spiro atoms. The molecule has 6 nitrogen and oxygen atoms in total. The third-order valence-electron chi connectivity index (χ3n) is 3.98. The number of carbonyl (C=O) groups is 2. The van der Waals surface area contributed by atoms with E-state index < -0.39 is 29.3 Å². The van der Waals surface area contributed by atoms with Gasteiger partial charge in [0.15, 0.2) is 0 Å². The van der Waals surface area contributed by atoms with Crippen LogP contribution in [0.1, 0.15) is 12.5 Å².